The first kappa shape index (κ1) is 16.1. The molecule has 2 rings (SSSR count). The Labute approximate surface area is 141 Å². The van der Waals surface area contributed by atoms with Crippen LogP contribution in [0.3, 0.4) is 0 Å². The number of halogens is 2. The van der Waals surface area contributed by atoms with Crippen LogP contribution in [0, 0.1) is 3.57 Å². The third kappa shape index (κ3) is 3.87. The monoisotopic (exact) mass is 417 g/mol. The van der Waals surface area contributed by atoms with Crippen molar-refractivity contribution in [2.45, 2.75) is 6.61 Å². The highest BCUT2D eigenvalue weighted by molar-refractivity contribution is 14.1. The average Bonchev–Trinajstić information content (AvgIpc) is 2.50. The number of aliphatic hydroxyl groups excluding tert-OH is 1. The van der Waals surface area contributed by atoms with Gasteiger partial charge in [-0.25, -0.2) is 0 Å². The number of amides is 1. The van der Waals surface area contributed by atoms with Crippen molar-refractivity contribution in [3.05, 3.63) is 56.1 Å². The van der Waals surface area contributed by atoms with Gasteiger partial charge in [0.25, 0.3) is 5.91 Å². The quantitative estimate of drug-likeness (QED) is 0.746. The molecule has 6 heteroatoms. The molecule has 0 unspecified atom stereocenters. The van der Waals surface area contributed by atoms with Crippen molar-refractivity contribution in [2.24, 2.45) is 0 Å². The summed E-state index contributed by atoms with van der Waals surface area (Å²) < 4.78 is 6.03. The summed E-state index contributed by atoms with van der Waals surface area (Å²) in [5.41, 5.74) is 1.78. The van der Waals surface area contributed by atoms with Gasteiger partial charge in [0.2, 0.25) is 0 Å². The summed E-state index contributed by atoms with van der Waals surface area (Å²) in [6.07, 6.45) is 0. The number of hydrogen-bond acceptors (Lipinski definition) is 3. The standard InChI is InChI=1S/C15H13ClINO3/c1-21-14-7-13(17)12(16)6-11(14)15(20)18-10-4-2-9(8-19)3-5-10/h2-7,19H,8H2,1H3,(H,18,20). The molecule has 0 fully saturated rings. The van der Waals surface area contributed by atoms with Gasteiger partial charge in [-0.05, 0) is 52.4 Å². The van der Waals surface area contributed by atoms with E-state index in [9.17, 15) is 4.79 Å². The molecule has 0 aromatic heterocycles. The van der Waals surface area contributed by atoms with Crippen molar-refractivity contribution in [3.8, 4) is 5.75 Å². The van der Waals surface area contributed by atoms with E-state index in [4.69, 9.17) is 21.4 Å². The van der Waals surface area contributed by atoms with Gasteiger partial charge in [-0.3, -0.25) is 4.79 Å². The predicted octanol–water partition coefficient (Wildman–Crippen LogP) is 3.70. The molecule has 0 radical (unpaired) electrons. The molecule has 0 aliphatic heterocycles. The molecule has 0 aliphatic carbocycles. The molecule has 110 valence electrons. The van der Waals surface area contributed by atoms with Gasteiger partial charge in [-0.15, -0.1) is 0 Å². The van der Waals surface area contributed by atoms with Crippen molar-refractivity contribution in [1.29, 1.82) is 0 Å². The summed E-state index contributed by atoms with van der Waals surface area (Å²) in [7, 11) is 1.51. The van der Waals surface area contributed by atoms with Crippen LogP contribution in [0.2, 0.25) is 5.02 Å². The van der Waals surface area contributed by atoms with Crippen LogP contribution in [-0.2, 0) is 6.61 Å². The molecule has 0 spiro atoms. The Hall–Kier alpha value is -1.31. The van der Waals surface area contributed by atoms with Crippen LogP contribution in [0.15, 0.2) is 36.4 Å². The molecular weight excluding hydrogens is 405 g/mol. The van der Waals surface area contributed by atoms with Crippen LogP contribution < -0.4 is 10.1 Å². The fraction of sp³-hybridized carbons (Fsp3) is 0.133. The van der Waals surface area contributed by atoms with Gasteiger partial charge in [0.15, 0.2) is 0 Å². The second-order valence-electron chi connectivity index (χ2n) is 4.28. The number of nitrogens with one attached hydrogen (secondary N) is 1. The molecular formula is C15H13ClINO3. The first-order chi connectivity index (χ1) is 10.0. The number of carbonyl (C=O) groups is 1. The minimum atomic E-state index is -0.304. The topological polar surface area (TPSA) is 58.6 Å². The molecule has 0 heterocycles. The SMILES string of the molecule is COc1cc(I)c(Cl)cc1C(=O)Nc1ccc(CO)cc1. The summed E-state index contributed by atoms with van der Waals surface area (Å²) in [5, 5.41) is 12.3. The van der Waals surface area contributed by atoms with E-state index in [1.807, 2.05) is 0 Å². The van der Waals surface area contributed by atoms with E-state index < -0.39 is 0 Å². The van der Waals surface area contributed by atoms with E-state index in [-0.39, 0.29) is 12.5 Å². The lowest BCUT2D eigenvalue weighted by Gasteiger charge is -2.11. The predicted molar refractivity (Wildman–Crippen MR) is 91.0 cm³/mol. The summed E-state index contributed by atoms with van der Waals surface area (Å²) in [6.45, 7) is -0.0330. The van der Waals surface area contributed by atoms with E-state index in [1.54, 1.807) is 36.4 Å². The zero-order valence-corrected chi connectivity index (χ0v) is 14.1. The summed E-state index contributed by atoms with van der Waals surface area (Å²) in [5.74, 6) is 0.162. The molecule has 0 saturated heterocycles. The Morgan fingerprint density at radius 1 is 1.33 bits per heavy atom. The van der Waals surface area contributed by atoms with Gasteiger partial charge in [0.05, 0.1) is 24.3 Å². The van der Waals surface area contributed by atoms with Crippen molar-refractivity contribution in [3.63, 3.8) is 0 Å². The van der Waals surface area contributed by atoms with Gasteiger partial charge in [0.1, 0.15) is 5.75 Å². The Bertz CT molecular complexity index is 659. The van der Waals surface area contributed by atoms with Crippen LogP contribution in [0.25, 0.3) is 0 Å². The molecule has 0 atom stereocenters. The van der Waals surface area contributed by atoms with Gasteiger partial charge >= 0.3 is 0 Å². The number of anilines is 1. The smallest absolute Gasteiger partial charge is 0.259 e. The highest BCUT2D eigenvalue weighted by Crippen LogP contribution is 2.28. The number of methoxy groups -OCH3 is 1. The largest absolute Gasteiger partial charge is 0.496 e. The molecule has 0 saturated carbocycles. The second-order valence-corrected chi connectivity index (χ2v) is 5.85. The minimum absolute atomic E-state index is 0.0330. The van der Waals surface area contributed by atoms with E-state index in [2.05, 4.69) is 27.9 Å². The van der Waals surface area contributed by atoms with Crippen LogP contribution in [-0.4, -0.2) is 18.1 Å². The normalized spacial score (nSPS) is 10.3. The lowest BCUT2D eigenvalue weighted by atomic mass is 10.1. The second kappa shape index (κ2) is 7.11. The summed E-state index contributed by atoms with van der Waals surface area (Å²) in [6, 6.07) is 10.2. The fourth-order valence-corrected chi connectivity index (χ4v) is 2.37. The maximum absolute atomic E-state index is 12.3. The van der Waals surface area contributed by atoms with Gasteiger partial charge in [0, 0.05) is 9.26 Å². The van der Waals surface area contributed by atoms with Crippen LogP contribution >= 0.6 is 34.2 Å². The van der Waals surface area contributed by atoms with Crippen molar-refractivity contribution in [1.82, 2.24) is 0 Å². The summed E-state index contributed by atoms with van der Waals surface area (Å²) in [4.78, 5) is 12.3. The van der Waals surface area contributed by atoms with E-state index in [0.717, 1.165) is 9.13 Å². The fourth-order valence-electron chi connectivity index (χ4n) is 1.77. The molecule has 2 aromatic rings. The molecule has 0 aliphatic rings. The Balaban J connectivity index is 2.25. The van der Waals surface area contributed by atoms with Crippen LogP contribution in [0.4, 0.5) is 5.69 Å². The average molecular weight is 418 g/mol. The number of carbonyl (C=O) groups excluding carboxylic acids is 1. The van der Waals surface area contributed by atoms with E-state index in [1.165, 1.54) is 7.11 Å². The van der Waals surface area contributed by atoms with Gasteiger partial charge < -0.3 is 15.2 Å². The van der Waals surface area contributed by atoms with Crippen molar-refractivity contribution < 1.29 is 14.6 Å². The first-order valence-corrected chi connectivity index (χ1v) is 7.55. The zero-order valence-electron chi connectivity index (χ0n) is 11.2. The molecule has 0 bridgehead atoms. The van der Waals surface area contributed by atoms with Gasteiger partial charge in [-0.1, -0.05) is 23.7 Å². The molecule has 2 N–H and O–H groups in total. The number of hydrogen-bond donors (Lipinski definition) is 2. The molecule has 1 amide bonds. The highest BCUT2D eigenvalue weighted by Gasteiger charge is 2.15. The Kier molecular flexibility index (Phi) is 5.44. The Morgan fingerprint density at radius 2 is 2.00 bits per heavy atom. The highest BCUT2D eigenvalue weighted by atomic mass is 127. The minimum Gasteiger partial charge on any atom is -0.496 e. The number of aliphatic hydroxyl groups is 1. The molecule has 21 heavy (non-hydrogen) atoms. The van der Waals surface area contributed by atoms with E-state index >= 15 is 0 Å². The maximum Gasteiger partial charge on any atom is 0.259 e. The van der Waals surface area contributed by atoms with Gasteiger partial charge in [-0.2, -0.15) is 0 Å². The van der Waals surface area contributed by atoms with Crippen molar-refractivity contribution >= 4 is 45.8 Å². The van der Waals surface area contributed by atoms with E-state index in [0.29, 0.717) is 22.0 Å². The van der Waals surface area contributed by atoms with Crippen molar-refractivity contribution in [2.75, 3.05) is 12.4 Å². The molecule has 2 aromatic carbocycles. The summed E-state index contributed by atoms with van der Waals surface area (Å²) >= 11 is 8.14. The third-order valence-electron chi connectivity index (χ3n) is 2.88. The van der Waals surface area contributed by atoms with Crippen LogP contribution in [0.5, 0.6) is 5.75 Å². The number of ether oxygens (including phenoxy) is 1. The lowest BCUT2D eigenvalue weighted by Crippen LogP contribution is -2.13. The number of rotatable bonds is 4. The lowest BCUT2D eigenvalue weighted by molar-refractivity contribution is 0.102. The third-order valence-corrected chi connectivity index (χ3v) is 4.41. The number of benzene rings is 2. The van der Waals surface area contributed by atoms with Crippen LogP contribution in [0.1, 0.15) is 15.9 Å². The maximum atomic E-state index is 12.3. The Morgan fingerprint density at radius 3 is 2.57 bits per heavy atom. The first-order valence-electron chi connectivity index (χ1n) is 6.09. The zero-order chi connectivity index (χ0) is 15.4. The molecule has 4 nitrogen and oxygen atoms in total.